The summed E-state index contributed by atoms with van der Waals surface area (Å²) >= 11 is 0. The number of hydrogen-bond donors (Lipinski definition) is 2. The number of ether oxygens (including phenoxy) is 1. The summed E-state index contributed by atoms with van der Waals surface area (Å²) < 4.78 is 5.15. The maximum absolute atomic E-state index is 13.3. The number of aldehydes is 1. The molecule has 2 aliphatic rings. The molecular formula is C26H32N8O4. The summed E-state index contributed by atoms with van der Waals surface area (Å²) in [5.74, 6) is 0.703. The van der Waals surface area contributed by atoms with Crippen molar-refractivity contribution < 1.29 is 19.1 Å². The summed E-state index contributed by atoms with van der Waals surface area (Å²) in [4.78, 5) is 51.6. The van der Waals surface area contributed by atoms with Crippen LogP contribution in [0.5, 0.6) is 0 Å². The highest BCUT2D eigenvalue weighted by Crippen LogP contribution is 2.29. The molecule has 0 bridgehead atoms. The van der Waals surface area contributed by atoms with Crippen LogP contribution in [-0.2, 0) is 22.5 Å². The largest absolute Gasteiger partial charge is 0.383 e. The Bertz CT molecular complexity index is 1260. The second-order valence-corrected chi connectivity index (χ2v) is 9.60. The number of aryl methyl sites for hydroxylation is 1. The Kier molecular flexibility index (Phi) is 8.50. The Morgan fingerprint density at radius 3 is 2.84 bits per heavy atom. The van der Waals surface area contributed by atoms with E-state index in [1.54, 1.807) is 18.1 Å². The zero-order chi connectivity index (χ0) is 27.2. The number of methoxy groups -OCH3 is 1. The molecule has 0 saturated carbocycles. The molecule has 0 unspecified atom stereocenters. The van der Waals surface area contributed by atoms with Crippen LogP contribution in [0.1, 0.15) is 40.5 Å². The number of piperazine rings is 1. The van der Waals surface area contributed by atoms with Crippen LogP contribution in [0.4, 0.5) is 22.1 Å². The van der Waals surface area contributed by atoms with Crippen molar-refractivity contribution in [3.8, 4) is 6.07 Å². The lowest BCUT2D eigenvalue weighted by atomic mass is 10.0. The molecule has 0 aromatic carbocycles. The summed E-state index contributed by atoms with van der Waals surface area (Å²) in [5, 5.41) is 15.4. The van der Waals surface area contributed by atoms with Crippen molar-refractivity contribution in [2.24, 2.45) is 0 Å². The minimum Gasteiger partial charge on any atom is -0.383 e. The number of amides is 3. The third-order valence-corrected chi connectivity index (χ3v) is 6.58. The predicted molar refractivity (Wildman–Crippen MR) is 141 cm³/mol. The van der Waals surface area contributed by atoms with Gasteiger partial charge in [-0.15, -0.1) is 0 Å². The van der Waals surface area contributed by atoms with Gasteiger partial charge in [0.2, 0.25) is 5.91 Å². The van der Waals surface area contributed by atoms with Crippen LogP contribution in [-0.4, -0.2) is 91.0 Å². The molecule has 2 aliphatic heterocycles. The number of rotatable bonds is 8. The van der Waals surface area contributed by atoms with Crippen LogP contribution in [0.15, 0.2) is 18.3 Å². The fraction of sp³-hybridized carbons (Fsp3) is 0.462. The van der Waals surface area contributed by atoms with Gasteiger partial charge in [0.1, 0.15) is 23.4 Å². The van der Waals surface area contributed by atoms with Crippen molar-refractivity contribution in [3.05, 3.63) is 40.7 Å². The number of pyridine rings is 2. The highest BCUT2D eigenvalue weighted by molar-refractivity contribution is 6.02. The second-order valence-electron chi connectivity index (χ2n) is 9.60. The third-order valence-electron chi connectivity index (χ3n) is 6.58. The lowest BCUT2D eigenvalue weighted by molar-refractivity contribution is -0.136. The molecule has 0 radical (unpaired) electrons. The molecule has 0 spiro atoms. The summed E-state index contributed by atoms with van der Waals surface area (Å²) in [7, 11) is 3.50. The molecule has 1 atom stereocenters. The molecule has 4 heterocycles. The van der Waals surface area contributed by atoms with Gasteiger partial charge >= 0.3 is 6.03 Å². The molecule has 12 heteroatoms. The first-order valence-electron chi connectivity index (χ1n) is 12.5. The number of anilines is 3. The zero-order valence-corrected chi connectivity index (χ0v) is 21.9. The Morgan fingerprint density at radius 2 is 2.13 bits per heavy atom. The lowest BCUT2D eigenvalue weighted by Crippen LogP contribution is -2.48. The van der Waals surface area contributed by atoms with Gasteiger partial charge in [-0.1, -0.05) is 0 Å². The average Bonchev–Trinajstić information content (AvgIpc) is 2.89. The fourth-order valence-corrected chi connectivity index (χ4v) is 4.65. The maximum atomic E-state index is 13.3. The first-order chi connectivity index (χ1) is 18.3. The number of nitrogens with zero attached hydrogens (tertiary/aromatic N) is 6. The number of hydrogen-bond acceptors (Lipinski definition) is 9. The van der Waals surface area contributed by atoms with E-state index in [0.717, 1.165) is 18.5 Å². The topological polar surface area (TPSA) is 144 Å². The maximum Gasteiger partial charge on any atom is 0.328 e. The van der Waals surface area contributed by atoms with E-state index in [0.29, 0.717) is 68.1 Å². The van der Waals surface area contributed by atoms with Crippen molar-refractivity contribution in [2.75, 3.05) is 62.5 Å². The van der Waals surface area contributed by atoms with E-state index in [9.17, 15) is 19.6 Å². The van der Waals surface area contributed by atoms with Gasteiger partial charge in [0.05, 0.1) is 24.4 Å². The van der Waals surface area contributed by atoms with Gasteiger partial charge in [-0.2, -0.15) is 5.26 Å². The van der Waals surface area contributed by atoms with Crippen molar-refractivity contribution in [1.82, 2.24) is 19.8 Å². The molecule has 2 aromatic heterocycles. The summed E-state index contributed by atoms with van der Waals surface area (Å²) in [6.07, 6.45) is 3.49. The quantitative estimate of drug-likeness (QED) is 0.498. The standard InChI is InChI=1S/C26H32N8O4/c1-17(16-38-3)29-21-10-23(28-12-20(21)11-27)31-26(37)34-6-4-5-18-9-19(22(15-35)30-25(18)34)13-33-8-7-32(2)14-24(33)36/h9-10,12,15,17H,4-8,13-14,16H2,1-3H3,(H2,28,29,31,37)/t17-/m0/s1. The first kappa shape index (κ1) is 27.0. The average molecular weight is 521 g/mol. The predicted octanol–water partition coefficient (Wildman–Crippen LogP) is 1.87. The van der Waals surface area contributed by atoms with Gasteiger partial charge in [0.25, 0.3) is 0 Å². The van der Waals surface area contributed by atoms with E-state index < -0.39 is 6.03 Å². The Labute approximate surface area is 221 Å². The van der Waals surface area contributed by atoms with Gasteiger partial charge in [0.15, 0.2) is 6.29 Å². The Balaban J connectivity index is 1.54. The number of fused-ring (bicyclic) bond motifs is 1. The van der Waals surface area contributed by atoms with Crippen molar-refractivity contribution >= 4 is 35.5 Å². The van der Waals surface area contributed by atoms with Gasteiger partial charge in [-0.05, 0) is 38.4 Å². The number of carbonyl (C=O) groups is 3. The Hall–Kier alpha value is -4.08. The van der Waals surface area contributed by atoms with Gasteiger partial charge in [0, 0.05) is 57.2 Å². The molecule has 2 aromatic rings. The molecule has 1 saturated heterocycles. The molecule has 200 valence electrons. The molecule has 4 rings (SSSR count). The van der Waals surface area contributed by atoms with Crippen molar-refractivity contribution in [1.29, 1.82) is 5.26 Å². The van der Waals surface area contributed by atoms with E-state index in [4.69, 9.17) is 4.74 Å². The molecule has 3 amide bonds. The molecule has 1 fully saturated rings. The van der Waals surface area contributed by atoms with Crippen LogP contribution < -0.4 is 15.5 Å². The third kappa shape index (κ3) is 6.07. The second kappa shape index (κ2) is 12.0. The smallest absolute Gasteiger partial charge is 0.328 e. The van der Waals surface area contributed by atoms with Crippen molar-refractivity contribution in [2.45, 2.75) is 32.4 Å². The van der Waals surface area contributed by atoms with E-state index >= 15 is 0 Å². The number of carbonyl (C=O) groups excluding carboxylic acids is 3. The molecule has 12 nitrogen and oxygen atoms in total. The first-order valence-corrected chi connectivity index (χ1v) is 12.5. The van der Waals surface area contributed by atoms with Crippen LogP contribution in [0.2, 0.25) is 0 Å². The Morgan fingerprint density at radius 1 is 1.32 bits per heavy atom. The molecule has 0 aliphatic carbocycles. The minimum absolute atomic E-state index is 0.00899. The fourth-order valence-electron chi connectivity index (χ4n) is 4.65. The monoisotopic (exact) mass is 520 g/mol. The molecular weight excluding hydrogens is 488 g/mol. The van der Waals surface area contributed by atoms with Gasteiger partial charge in [-0.25, -0.2) is 14.8 Å². The number of nitrogens with one attached hydrogen (secondary N) is 2. The van der Waals surface area contributed by atoms with E-state index in [-0.39, 0.29) is 23.5 Å². The normalized spacial score (nSPS) is 16.4. The van der Waals surface area contributed by atoms with Gasteiger partial charge < -0.3 is 15.0 Å². The highest BCUT2D eigenvalue weighted by atomic mass is 16.5. The number of nitriles is 1. The molecule has 2 N–H and O–H groups in total. The number of likely N-dealkylation sites (N-methyl/N-ethyl adjacent to an activating group) is 1. The number of urea groups is 1. The van der Waals surface area contributed by atoms with Crippen LogP contribution in [0, 0.1) is 11.3 Å². The summed E-state index contributed by atoms with van der Waals surface area (Å²) in [6.45, 7) is 4.77. The zero-order valence-electron chi connectivity index (χ0n) is 21.9. The van der Waals surface area contributed by atoms with Crippen LogP contribution >= 0.6 is 0 Å². The minimum atomic E-state index is -0.439. The number of aromatic nitrogens is 2. The highest BCUT2D eigenvalue weighted by Gasteiger charge is 2.28. The SMILES string of the molecule is COC[C@H](C)Nc1cc(NC(=O)N2CCCc3cc(CN4CCN(C)CC4=O)c(C=O)nc32)ncc1C#N. The summed E-state index contributed by atoms with van der Waals surface area (Å²) in [6, 6.07) is 5.08. The van der Waals surface area contributed by atoms with Crippen LogP contribution in [0.3, 0.4) is 0 Å². The lowest BCUT2D eigenvalue weighted by Gasteiger charge is -2.33. The van der Waals surface area contributed by atoms with E-state index in [1.165, 1.54) is 11.1 Å². The molecule has 38 heavy (non-hydrogen) atoms. The summed E-state index contributed by atoms with van der Waals surface area (Å²) in [5.41, 5.74) is 2.61. The van der Waals surface area contributed by atoms with Crippen LogP contribution in [0.25, 0.3) is 0 Å². The van der Waals surface area contributed by atoms with Crippen molar-refractivity contribution in [3.63, 3.8) is 0 Å². The van der Waals surface area contributed by atoms with E-state index in [1.807, 2.05) is 24.9 Å². The van der Waals surface area contributed by atoms with Gasteiger partial charge in [-0.3, -0.25) is 24.7 Å². The van der Waals surface area contributed by atoms with E-state index in [2.05, 4.69) is 26.7 Å².